The molecular weight excluding hydrogens is 226 g/mol. The topological polar surface area (TPSA) is 49.3 Å². The molecule has 0 aliphatic carbocycles. The van der Waals surface area contributed by atoms with E-state index in [1.807, 2.05) is 37.3 Å². The number of halogens is 1. The van der Waals surface area contributed by atoms with Gasteiger partial charge in [0.15, 0.2) is 0 Å². The van der Waals surface area contributed by atoms with Crippen molar-refractivity contribution in [1.82, 2.24) is 5.32 Å². The van der Waals surface area contributed by atoms with Crippen LogP contribution >= 0.6 is 12.4 Å². The molecule has 0 amide bonds. The van der Waals surface area contributed by atoms with Gasteiger partial charge in [-0.05, 0) is 18.9 Å². The molecule has 0 radical (unpaired) electrons. The van der Waals surface area contributed by atoms with Crippen LogP contribution in [-0.4, -0.2) is 17.1 Å². The van der Waals surface area contributed by atoms with E-state index in [4.69, 9.17) is 5.11 Å². The molecule has 1 rings (SSSR count). The van der Waals surface area contributed by atoms with Gasteiger partial charge in [0.1, 0.15) is 6.04 Å². The number of nitrogens with one attached hydrogen (secondary N) is 1. The van der Waals surface area contributed by atoms with Gasteiger partial charge in [0, 0.05) is 6.04 Å². The van der Waals surface area contributed by atoms with Gasteiger partial charge >= 0.3 is 5.97 Å². The molecule has 2 atom stereocenters. The van der Waals surface area contributed by atoms with Gasteiger partial charge in [0.2, 0.25) is 0 Å². The van der Waals surface area contributed by atoms with Crippen LogP contribution in [0.25, 0.3) is 0 Å². The van der Waals surface area contributed by atoms with E-state index >= 15 is 0 Å². The SMILES string of the molecule is CCC(N[C@H](C)C(=O)O)c1ccccc1.Cl. The molecule has 0 saturated carbocycles. The number of aliphatic carboxylic acids is 1. The van der Waals surface area contributed by atoms with Crippen molar-refractivity contribution in [2.75, 3.05) is 0 Å². The van der Waals surface area contributed by atoms with Gasteiger partial charge in [-0.2, -0.15) is 0 Å². The zero-order valence-electron chi connectivity index (χ0n) is 9.51. The summed E-state index contributed by atoms with van der Waals surface area (Å²) < 4.78 is 0. The largest absolute Gasteiger partial charge is 0.480 e. The Morgan fingerprint density at radius 3 is 2.38 bits per heavy atom. The second kappa shape index (κ2) is 7.25. The van der Waals surface area contributed by atoms with Crippen molar-refractivity contribution >= 4 is 18.4 Å². The first kappa shape index (κ1) is 14.9. The van der Waals surface area contributed by atoms with Crippen LogP contribution < -0.4 is 5.32 Å². The summed E-state index contributed by atoms with van der Waals surface area (Å²) in [4.78, 5) is 10.7. The minimum atomic E-state index is -0.815. The number of benzene rings is 1. The van der Waals surface area contributed by atoms with E-state index in [0.29, 0.717) is 0 Å². The highest BCUT2D eigenvalue weighted by atomic mass is 35.5. The number of hydrogen-bond donors (Lipinski definition) is 2. The molecule has 0 aliphatic heterocycles. The van der Waals surface area contributed by atoms with Gasteiger partial charge in [-0.3, -0.25) is 10.1 Å². The standard InChI is InChI=1S/C12H17NO2.ClH/c1-3-11(13-9(2)12(14)15)10-7-5-4-6-8-10;/h4-9,11,13H,3H2,1-2H3,(H,14,15);1H/t9-,11?;/m1./s1. The fraction of sp³-hybridized carbons (Fsp3) is 0.417. The molecule has 0 spiro atoms. The molecule has 0 bridgehead atoms. The highest BCUT2D eigenvalue weighted by Crippen LogP contribution is 2.16. The summed E-state index contributed by atoms with van der Waals surface area (Å²) in [7, 11) is 0. The van der Waals surface area contributed by atoms with E-state index in [2.05, 4.69) is 5.32 Å². The molecule has 0 saturated heterocycles. The van der Waals surface area contributed by atoms with E-state index in [-0.39, 0.29) is 18.4 Å². The normalized spacial score (nSPS) is 13.6. The number of carboxylic acid groups (broad SMARTS) is 1. The minimum absolute atomic E-state index is 0. The average Bonchev–Trinajstić information content (AvgIpc) is 2.26. The highest BCUT2D eigenvalue weighted by molar-refractivity contribution is 5.85. The van der Waals surface area contributed by atoms with Crippen molar-refractivity contribution in [3.63, 3.8) is 0 Å². The third-order valence-electron chi connectivity index (χ3n) is 2.43. The fourth-order valence-electron chi connectivity index (χ4n) is 1.51. The first-order valence-electron chi connectivity index (χ1n) is 5.19. The molecule has 3 nitrogen and oxygen atoms in total. The number of hydrogen-bond acceptors (Lipinski definition) is 2. The maximum absolute atomic E-state index is 10.7. The van der Waals surface area contributed by atoms with Crippen LogP contribution in [0.1, 0.15) is 31.9 Å². The molecule has 1 unspecified atom stereocenters. The molecule has 90 valence electrons. The summed E-state index contributed by atoms with van der Waals surface area (Å²) in [5, 5.41) is 11.9. The number of rotatable bonds is 5. The molecule has 1 aromatic carbocycles. The summed E-state index contributed by atoms with van der Waals surface area (Å²) in [6, 6.07) is 9.49. The van der Waals surface area contributed by atoms with E-state index < -0.39 is 12.0 Å². The van der Waals surface area contributed by atoms with E-state index in [1.165, 1.54) is 0 Å². The Balaban J connectivity index is 0.00000225. The van der Waals surface area contributed by atoms with Crippen molar-refractivity contribution in [3.8, 4) is 0 Å². The lowest BCUT2D eigenvalue weighted by Crippen LogP contribution is -2.36. The van der Waals surface area contributed by atoms with Crippen LogP contribution in [0.15, 0.2) is 30.3 Å². The average molecular weight is 244 g/mol. The van der Waals surface area contributed by atoms with Gasteiger partial charge in [-0.25, -0.2) is 0 Å². The lowest BCUT2D eigenvalue weighted by Gasteiger charge is -2.20. The lowest BCUT2D eigenvalue weighted by molar-refractivity contribution is -0.139. The summed E-state index contributed by atoms with van der Waals surface area (Å²) in [5.74, 6) is -0.815. The first-order chi connectivity index (χ1) is 7.15. The van der Waals surface area contributed by atoms with Crippen LogP contribution in [0, 0.1) is 0 Å². The number of carboxylic acids is 1. The zero-order chi connectivity index (χ0) is 11.3. The second-order valence-corrected chi connectivity index (χ2v) is 3.60. The fourth-order valence-corrected chi connectivity index (χ4v) is 1.51. The maximum Gasteiger partial charge on any atom is 0.320 e. The molecule has 2 N–H and O–H groups in total. The van der Waals surface area contributed by atoms with Gasteiger partial charge in [0.05, 0.1) is 0 Å². The minimum Gasteiger partial charge on any atom is -0.480 e. The molecule has 0 aromatic heterocycles. The Kier molecular flexibility index (Phi) is 6.77. The lowest BCUT2D eigenvalue weighted by atomic mass is 10.0. The predicted octanol–water partition coefficient (Wildman–Crippen LogP) is 2.62. The predicted molar refractivity (Wildman–Crippen MR) is 67.0 cm³/mol. The van der Waals surface area contributed by atoms with Crippen molar-refractivity contribution in [1.29, 1.82) is 0 Å². The van der Waals surface area contributed by atoms with Crippen molar-refractivity contribution in [2.45, 2.75) is 32.4 Å². The van der Waals surface area contributed by atoms with Gasteiger partial charge in [-0.1, -0.05) is 37.3 Å². The molecule has 0 heterocycles. The Morgan fingerprint density at radius 1 is 1.38 bits per heavy atom. The highest BCUT2D eigenvalue weighted by Gasteiger charge is 2.16. The smallest absolute Gasteiger partial charge is 0.320 e. The van der Waals surface area contributed by atoms with E-state index in [1.54, 1.807) is 6.92 Å². The van der Waals surface area contributed by atoms with Crippen molar-refractivity contribution in [2.24, 2.45) is 0 Å². The Hall–Kier alpha value is -1.06. The quantitative estimate of drug-likeness (QED) is 0.836. The maximum atomic E-state index is 10.7. The van der Waals surface area contributed by atoms with Crippen LogP contribution in [0.2, 0.25) is 0 Å². The van der Waals surface area contributed by atoms with E-state index in [9.17, 15) is 4.79 Å². The van der Waals surface area contributed by atoms with Crippen molar-refractivity contribution in [3.05, 3.63) is 35.9 Å². The van der Waals surface area contributed by atoms with E-state index in [0.717, 1.165) is 12.0 Å². The molecule has 4 heteroatoms. The van der Waals surface area contributed by atoms with Crippen LogP contribution in [0.3, 0.4) is 0 Å². The third kappa shape index (κ3) is 4.21. The monoisotopic (exact) mass is 243 g/mol. The Labute approximate surface area is 102 Å². The van der Waals surface area contributed by atoms with Crippen molar-refractivity contribution < 1.29 is 9.90 Å². The summed E-state index contributed by atoms with van der Waals surface area (Å²) >= 11 is 0. The van der Waals surface area contributed by atoms with Gasteiger partial charge in [-0.15, -0.1) is 12.4 Å². The number of carbonyl (C=O) groups is 1. The summed E-state index contributed by atoms with van der Waals surface area (Å²) in [5.41, 5.74) is 1.13. The van der Waals surface area contributed by atoms with Gasteiger partial charge < -0.3 is 5.11 Å². The molecule has 0 aliphatic rings. The molecule has 0 fully saturated rings. The third-order valence-corrected chi connectivity index (χ3v) is 2.43. The Morgan fingerprint density at radius 2 is 1.94 bits per heavy atom. The summed E-state index contributed by atoms with van der Waals surface area (Å²) in [6.07, 6.45) is 0.877. The summed E-state index contributed by atoms with van der Waals surface area (Å²) in [6.45, 7) is 3.70. The molecule has 16 heavy (non-hydrogen) atoms. The van der Waals surface area contributed by atoms with Crippen LogP contribution in [0.4, 0.5) is 0 Å². The van der Waals surface area contributed by atoms with Gasteiger partial charge in [0.25, 0.3) is 0 Å². The zero-order valence-corrected chi connectivity index (χ0v) is 10.3. The molecular formula is C12H18ClNO2. The molecule has 1 aromatic rings. The van der Waals surface area contributed by atoms with Crippen LogP contribution in [0.5, 0.6) is 0 Å². The second-order valence-electron chi connectivity index (χ2n) is 3.60. The Bertz CT molecular complexity index is 316. The first-order valence-corrected chi connectivity index (χ1v) is 5.19. The van der Waals surface area contributed by atoms with Crippen LogP contribution in [-0.2, 0) is 4.79 Å².